The van der Waals surface area contributed by atoms with Gasteiger partial charge >= 0.3 is 11.9 Å². The van der Waals surface area contributed by atoms with Crippen LogP contribution in [0.5, 0.6) is 0 Å². The number of fused-ring (bicyclic) bond motifs is 2. The van der Waals surface area contributed by atoms with E-state index in [4.69, 9.17) is 13.9 Å². The van der Waals surface area contributed by atoms with Gasteiger partial charge in [-0.25, -0.2) is 4.79 Å². The van der Waals surface area contributed by atoms with Crippen molar-refractivity contribution in [3.05, 3.63) is 34.8 Å². The van der Waals surface area contributed by atoms with Crippen molar-refractivity contribution in [1.29, 1.82) is 0 Å². The number of carbonyl (C=O) groups is 2. The zero-order valence-corrected chi connectivity index (χ0v) is 16.3. The molecule has 142 valence electrons. The van der Waals surface area contributed by atoms with Gasteiger partial charge in [0.05, 0.1) is 19.3 Å². The van der Waals surface area contributed by atoms with E-state index in [-0.39, 0.29) is 23.8 Å². The molecule has 1 aromatic rings. The lowest BCUT2D eigenvalue weighted by atomic mass is 9.53. The average molecular weight is 360 g/mol. The fourth-order valence-corrected chi connectivity index (χ4v) is 4.76. The Morgan fingerprint density at radius 1 is 1.35 bits per heavy atom. The molecule has 0 spiro atoms. The monoisotopic (exact) mass is 360 g/mol. The molecule has 5 heteroatoms. The largest absolute Gasteiger partial charge is 0.469 e. The molecule has 0 aromatic carbocycles. The summed E-state index contributed by atoms with van der Waals surface area (Å²) in [5.41, 5.74) is 1.95. The molecule has 26 heavy (non-hydrogen) atoms. The van der Waals surface area contributed by atoms with Crippen LogP contribution in [0, 0.1) is 24.2 Å². The minimum Gasteiger partial charge on any atom is -0.469 e. The summed E-state index contributed by atoms with van der Waals surface area (Å²) in [5.74, 6) is 0.233. The first-order valence-electron chi connectivity index (χ1n) is 9.33. The van der Waals surface area contributed by atoms with Crippen LogP contribution in [0.1, 0.15) is 63.0 Å². The Kier molecular flexibility index (Phi) is 5.00. The van der Waals surface area contributed by atoms with Crippen molar-refractivity contribution in [2.75, 3.05) is 7.11 Å². The molecule has 0 N–H and O–H groups in total. The second kappa shape index (κ2) is 6.93. The first-order valence-corrected chi connectivity index (χ1v) is 9.33. The van der Waals surface area contributed by atoms with Gasteiger partial charge in [-0.05, 0) is 45.1 Å². The van der Waals surface area contributed by atoms with Gasteiger partial charge in [0.15, 0.2) is 0 Å². The van der Waals surface area contributed by atoms with Crippen molar-refractivity contribution in [3.63, 3.8) is 0 Å². The summed E-state index contributed by atoms with van der Waals surface area (Å²) < 4.78 is 16.9. The molecule has 0 amide bonds. The van der Waals surface area contributed by atoms with Crippen molar-refractivity contribution >= 4 is 11.9 Å². The SMILES string of the molecule is C/C=C(/C)C(=O)O[C@@H]1c2c(C)coc2C[C@H]2CCC[C@H](C(=O)OC)[C@]21C. The van der Waals surface area contributed by atoms with Crippen LogP contribution in [-0.2, 0) is 25.5 Å². The normalized spacial score (nSPS) is 31.0. The Morgan fingerprint density at radius 3 is 2.73 bits per heavy atom. The molecule has 0 radical (unpaired) electrons. The van der Waals surface area contributed by atoms with Crippen LogP contribution >= 0.6 is 0 Å². The number of allylic oxidation sites excluding steroid dienone is 1. The molecule has 1 fully saturated rings. The van der Waals surface area contributed by atoms with E-state index < -0.39 is 11.5 Å². The van der Waals surface area contributed by atoms with E-state index >= 15 is 0 Å². The number of hydrogen-bond donors (Lipinski definition) is 0. The molecule has 1 saturated carbocycles. The number of ether oxygens (including phenoxy) is 2. The molecule has 0 unspecified atom stereocenters. The number of rotatable bonds is 3. The van der Waals surface area contributed by atoms with Gasteiger partial charge in [-0.15, -0.1) is 0 Å². The summed E-state index contributed by atoms with van der Waals surface area (Å²) in [6, 6.07) is 0. The predicted molar refractivity (Wildman–Crippen MR) is 96.4 cm³/mol. The van der Waals surface area contributed by atoms with Gasteiger partial charge < -0.3 is 13.9 Å². The van der Waals surface area contributed by atoms with E-state index in [0.717, 1.165) is 42.6 Å². The van der Waals surface area contributed by atoms with E-state index in [9.17, 15) is 9.59 Å². The molecule has 1 aromatic heterocycles. The van der Waals surface area contributed by atoms with Gasteiger partial charge in [0.25, 0.3) is 0 Å². The van der Waals surface area contributed by atoms with Crippen LogP contribution in [-0.4, -0.2) is 19.0 Å². The number of esters is 2. The van der Waals surface area contributed by atoms with Crippen LogP contribution in [0.4, 0.5) is 0 Å². The zero-order valence-electron chi connectivity index (χ0n) is 16.3. The van der Waals surface area contributed by atoms with E-state index in [1.54, 1.807) is 19.3 Å². The molecule has 2 aliphatic rings. The lowest BCUT2D eigenvalue weighted by molar-refractivity contribution is -0.179. The van der Waals surface area contributed by atoms with E-state index in [1.165, 1.54) is 7.11 Å². The standard InChI is InChI=1S/C21H28O5/c1-6-12(2)19(22)26-18-17-13(3)11-25-16(17)10-14-8-7-9-15(20(23)24-5)21(14,18)4/h6,11,14-15,18H,7-10H2,1-5H3/b12-6-/t14-,15-,18-,21+/m1/s1. The van der Waals surface area contributed by atoms with Gasteiger partial charge in [0.2, 0.25) is 0 Å². The van der Waals surface area contributed by atoms with Crippen molar-refractivity contribution in [2.45, 2.75) is 59.5 Å². The lowest BCUT2D eigenvalue weighted by Crippen LogP contribution is -2.51. The maximum absolute atomic E-state index is 12.6. The van der Waals surface area contributed by atoms with Crippen molar-refractivity contribution in [2.24, 2.45) is 17.3 Å². The molecule has 0 aliphatic heterocycles. The summed E-state index contributed by atoms with van der Waals surface area (Å²) in [6.07, 6.45) is 6.42. The predicted octanol–water partition coefficient (Wildman–Crippen LogP) is 4.29. The summed E-state index contributed by atoms with van der Waals surface area (Å²) >= 11 is 0. The van der Waals surface area contributed by atoms with Crippen LogP contribution in [0.15, 0.2) is 22.3 Å². The van der Waals surface area contributed by atoms with Crippen LogP contribution in [0.3, 0.4) is 0 Å². The van der Waals surface area contributed by atoms with Crippen molar-refractivity contribution in [3.8, 4) is 0 Å². The maximum Gasteiger partial charge on any atom is 0.334 e. The highest BCUT2D eigenvalue weighted by atomic mass is 16.5. The second-order valence-corrected chi connectivity index (χ2v) is 7.79. The Labute approximate surface area is 154 Å². The smallest absolute Gasteiger partial charge is 0.334 e. The number of hydrogen-bond acceptors (Lipinski definition) is 5. The molecule has 0 saturated heterocycles. The first-order chi connectivity index (χ1) is 12.3. The average Bonchev–Trinajstić information content (AvgIpc) is 3.00. The highest BCUT2D eigenvalue weighted by Crippen LogP contribution is 2.59. The van der Waals surface area contributed by atoms with E-state index in [0.29, 0.717) is 5.57 Å². The Hall–Kier alpha value is -2.04. The highest BCUT2D eigenvalue weighted by molar-refractivity contribution is 5.88. The van der Waals surface area contributed by atoms with E-state index in [2.05, 4.69) is 6.92 Å². The summed E-state index contributed by atoms with van der Waals surface area (Å²) in [4.78, 5) is 25.2. The van der Waals surface area contributed by atoms with Crippen LogP contribution in [0.2, 0.25) is 0 Å². The molecule has 3 rings (SSSR count). The summed E-state index contributed by atoms with van der Waals surface area (Å²) in [5, 5.41) is 0. The molecular weight excluding hydrogens is 332 g/mol. The minimum atomic E-state index is -0.512. The Bertz CT molecular complexity index is 744. The molecule has 0 bridgehead atoms. The van der Waals surface area contributed by atoms with Crippen molar-refractivity contribution in [1.82, 2.24) is 0 Å². The van der Waals surface area contributed by atoms with Crippen LogP contribution < -0.4 is 0 Å². The highest BCUT2D eigenvalue weighted by Gasteiger charge is 2.58. The first kappa shape index (κ1) is 18.7. The number of furan rings is 1. The third kappa shape index (κ3) is 2.78. The molecular formula is C21H28O5. The quantitative estimate of drug-likeness (QED) is 0.594. The number of aryl methyl sites for hydroxylation is 1. The zero-order chi connectivity index (χ0) is 19.1. The number of methoxy groups -OCH3 is 1. The molecule has 4 atom stereocenters. The van der Waals surface area contributed by atoms with Gasteiger partial charge in [-0.1, -0.05) is 19.4 Å². The fraction of sp³-hybridized carbons (Fsp3) is 0.619. The Balaban J connectivity index is 2.11. The third-order valence-corrected chi connectivity index (χ3v) is 6.50. The third-order valence-electron chi connectivity index (χ3n) is 6.50. The van der Waals surface area contributed by atoms with Gasteiger partial charge in [0.1, 0.15) is 11.9 Å². The van der Waals surface area contributed by atoms with Gasteiger partial charge in [0, 0.05) is 23.0 Å². The molecule has 5 nitrogen and oxygen atoms in total. The molecule has 2 aliphatic carbocycles. The summed E-state index contributed by atoms with van der Waals surface area (Å²) in [6.45, 7) is 7.60. The second-order valence-electron chi connectivity index (χ2n) is 7.79. The van der Waals surface area contributed by atoms with Gasteiger partial charge in [-0.2, -0.15) is 0 Å². The maximum atomic E-state index is 12.6. The van der Waals surface area contributed by atoms with Gasteiger partial charge in [-0.3, -0.25) is 4.79 Å². The molecule has 1 heterocycles. The van der Waals surface area contributed by atoms with E-state index in [1.807, 2.05) is 13.8 Å². The Morgan fingerprint density at radius 2 is 2.08 bits per heavy atom. The van der Waals surface area contributed by atoms with Crippen molar-refractivity contribution < 1.29 is 23.5 Å². The topological polar surface area (TPSA) is 65.7 Å². The summed E-state index contributed by atoms with van der Waals surface area (Å²) in [7, 11) is 1.43. The van der Waals surface area contributed by atoms with Crippen LogP contribution in [0.25, 0.3) is 0 Å². The minimum absolute atomic E-state index is 0.210. The number of carbonyl (C=O) groups excluding carboxylic acids is 2. The fourth-order valence-electron chi connectivity index (χ4n) is 4.76. The lowest BCUT2D eigenvalue weighted by Gasteiger charge is -2.52.